The van der Waals surface area contributed by atoms with Gasteiger partial charge in [0, 0.05) is 36.1 Å². The van der Waals surface area contributed by atoms with Crippen LogP contribution in [0.2, 0.25) is 0 Å². The molecule has 0 atom stereocenters. The number of methoxy groups -OCH3 is 1. The number of hydrogen-bond donors (Lipinski definition) is 0. The Morgan fingerprint density at radius 1 is 1.11 bits per heavy atom. The molecule has 140 valence electrons. The van der Waals surface area contributed by atoms with Gasteiger partial charge in [-0.3, -0.25) is 14.8 Å². The molecule has 4 aromatic rings. The van der Waals surface area contributed by atoms with Crippen molar-refractivity contribution in [3.8, 4) is 17.1 Å². The van der Waals surface area contributed by atoms with Crippen molar-refractivity contribution in [1.82, 2.24) is 19.5 Å². The lowest BCUT2D eigenvalue weighted by Crippen LogP contribution is -2.05. The van der Waals surface area contributed by atoms with Crippen molar-refractivity contribution in [2.75, 3.05) is 7.04 Å². The number of ether oxygens (including phenoxy) is 1. The number of nitrogens with zero attached hydrogens (tertiary/aromatic N) is 4. The number of carbonyl (C=O) groups excluding carboxylic acids is 1. The molecule has 3 aromatic heterocycles. The van der Waals surface area contributed by atoms with E-state index in [1.807, 2.05) is 24.6 Å². The first-order chi connectivity index (χ1) is 16.4. The Kier molecular flexibility index (Phi) is 2.93. The predicted octanol–water partition coefficient (Wildman–Crippen LogP) is 3.77. The first-order valence-electron chi connectivity index (χ1n) is 11.9. The summed E-state index contributed by atoms with van der Waals surface area (Å²) in [7, 11) is -1.08. The smallest absolute Gasteiger partial charge is 0.168 e. The van der Waals surface area contributed by atoms with E-state index in [0.717, 1.165) is 22.3 Å². The molecule has 0 saturated heterocycles. The monoisotopic (exact) mass is 379 g/mol. The van der Waals surface area contributed by atoms with E-state index in [4.69, 9.17) is 9.60 Å². The van der Waals surface area contributed by atoms with Gasteiger partial charge in [-0.2, -0.15) is 0 Å². The number of imidazole rings is 1. The molecule has 0 aliphatic heterocycles. The maximum atomic E-state index is 13.0. The van der Waals surface area contributed by atoms with Crippen LogP contribution in [0, 0.1) is 6.92 Å². The van der Waals surface area contributed by atoms with Crippen molar-refractivity contribution in [2.45, 2.75) is 13.3 Å². The number of fused-ring (bicyclic) bond motifs is 1. The zero-order valence-corrected chi connectivity index (χ0v) is 15.2. The summed E-state index contributed by atoms with van der Waals surface area (Å²) in [5.74, 6) is -0.588. The SMILES string of the molecule is [2H]c1c([2H])c(C(=O)Cc2cc3cc(-c4cnc(C)n4C)ncc3cn2)c([2H])c([2H])c1OC([2H])([2H])[2H]. The molecule has 0 radical (unpaired) electrons. The zero-order chi connectivity index (χ0) is 25.7. The molecule has 0 fully saturated rings. The molecule has 3 heterocycles. The van der Waals surface area contributed by atoms with E-state index in [-0.39, 0.29) is 6.42 Å². The van der Waals surface area contributed by atoms with Crippen LogP contribution in [-0.4, -0.2) is 32.3 Å². The molecule has 1 aromatic carbocycles. The van der Waals surface area contributed by atoms with Gasteiger partial charge in [0.1, 0.15) is 11.6 Å². The summed E-state index contributed by atoms with van der Waals surface area (Å²) in [6, 6.07) is 0.726. The van der Waals surface area contributed by atoms with Crippen molar-refractivity contribution in [1.29, 1.82) is 0 Å². The van der Waals surface area contributed by atoms with E-state index in [1.165, 1.54) is 0 Å². The highest BCUT2D eigenvalue weighted by Crippen LogP contribution is 2.23. The highest BCUT2D eigenvalue weighted by Gasteiger charge is 2.11. The van der Waals surface area contributed by atoms with Gasteiger partial charge in [-0.15, -0.1) is 0 Å². The summed E-state index contributed by atoms with van der Waals surface area (Å²) in [5.41, 5.74) is 1.41. The van der Waals surface area contributed by atoms with Crippen LogP contribution in [0.3, 0.4) is 0 Å². The highest BCUT2D eigenvalue weighted by atomic mass is 16.5. The fourth-order valence-electron chi connectivity index (χ4n) is 2.80. The number of ketones is 1. The standard InChI is InChI=1S/C22H20N4O2/c1-14-23-13-21(26(14)2)20-9-16-8-18(24-11-17(16)12-25-20)10-22(27)15-4-6-19(28-3)7-5-15/h4-9,11-13H,10H2,1-3H3/i3D3,4D,5D,6D,7D. The van der Waals surface area contributed by atoms with E-state index in [0.29, 0.717) is 11.4 Å². The van der Waals surface area contributed by atoms with Crippen LogP contribution in [0.1, 0.15) is 31.5 Å². The number of carbonyl (C=O) groups is 1. The van der Waals surface area contributed by atoms with Gasteiger partial charge in [0.15, 0.2) is 5.78 Å². The van der Waals surface area contributed by atoms with Crippen LogP contribution in [-0.2, 0) is 13.5 Å². The lowest BCUT2D eigenvalue weighted by Gasteiger charge is -2.07. The Morgan fingerprint density at radius 2 is 1.89 bits per heavy atom. The summed E-state index contributed by atoms with van der Waals surface area (Å²) >= 11 is 0. The minimum atomic E-state index is -2.97. The number of rotatable bonds is 5. The van der Waals surface area contributed by atoms with Crippen molar-refractivity contribution in [3.63, 3.8) is 0 Å². The third kappa shape index (κ3) is 3.36. The van der Waals surface area contributed by atoms with Crippen LogP contribution >= 0.6 is 0 Å². The third-order valence-corrected chi connectivity index (χ3v) is 4.47. The molecule has 0 aliphatic rings. The first kappa shape index (κ1) is 11.3. The Bertz CT molecular complexity index is 1450. The Labute approximate surface area is 172 Å². The molecule has 4 rings (SSSR count). The van der Waals surface area contributed by atoms with Gasteiger partial charge in [0.05, 0.1) is 40.6 Å². The number of aromatic nitrogens is 4. The Hall–Kier alpha value is -3.54. The van der Waals surface area contributed by atoms with Gasteiger partial charge in [-0.25, -0.2) is 4.98 Å². The lowest BCUT2D eigenvalue weighted by atomic mass is 10.0. The molecule has 6 nitrogen and oxygen atoms in total. The van der Waals surface area contributed by atoms with Crippen LogP contribution in [0.15, 0.2) is 54.9 Å². The first-order valence-corrected chi connectivity index (χ1v) is 8.43. The topological polar surface area (TPSA) is 69.9 Å². The van der Waals surface area contributed by atoms with Gasteiger partial charge in [-0.1, -0.05) is 0 Å². The number of benzene rings is 1. The largest absolute Gasteiger partial charge is 0.497 e. The number of Topliss-reactive ketones (excluding diaryl/α,β-unsaturated/α-hetero) is 1. The number of aryl methyl sites for hydroxylation is 1. The molecule has 0 saturated carbocycles. The van der Waals surface area contributed by atoms with Gasteiger partial charge < -0.3 is 9.30 Å². The van der Waals surface area contributed by atoms with Gasteiger partial charge in [-0.05, 0) is 48.6 Å². The van der Waals surface area contributed by atoms with Gasteiger partial charge in [0.25, 0.3) is 0 Å². The minimum Gasteiger partial charge on any atom is -0.497 e. The normalized spacial score (nSPS) is 15.0. The van der Waals surface area contributed by atoms with Gasteiger partial charge >= 0.3 is 0 Å². The Balaban J connectivity index is 1.69. The number of hydrogen-bond acceptors (Lipinski definition) is 5. The molecule has 0 unspecified atom stereocenters. The summed E-state index contributed by atoms with van der Waals surface area (Å²) < 4.78 is 60.4. The molecule has 0 aliphatic carbocycles. The van der Waals surface area contributed by atoms with E-state index in [2.05, 4.69) is 19.7 Å². The fraction of sp³-hybridized carbons (Fsp3) is 0.182. The summed E-state index contributed by atoms with van der Waals surface area (Å²) in [5, 5.41) is 1.52. The summed E-state index contributed by atoms with van der Waals surface area (Å²) in [6.07, 6.45) is 4.66. The van der Waals surface area contributed by atoms with Crippen molar-refractivity contribution in [2.24, 2.45) is 7.05 Å². The van der Waals surface area contributed by atoms with E-state index in [9.17, 15) is 4.79 Å². The zero-order valence-electron chi connectivity index (χ0n) is 22.2. The molecule has 0 N–H and O–H groups in total. The number of pyridine rings is 2. The maximum absolute atomic E-state index is 13.0. The Morgan fingerprint density at radius 3 is 2.61 bits per heavy atom. The van der Waals surface area contributed by atoms with Crippen molar-refractivity contribution >= 4 is 16.6 Å². The molecule has 0 bridgehead atoms. The maximum Gasteiger partial charge on any atom is 0.168 e. The van der Waals surface area contributed by atoms with Crippen LogP contribution in [0.5, 0.6) is 5.75 Å². The average molecular weight is 379 g/mol. The van der Waals surface area contributed by atoms with Crippen molar-refractivity contribution in [3.05, 3.63) is 72.0 Å². The summed E-state index contributed by atoms with van der Waals surface area (Å²) in [4.78, 5) is 26.0. The quantitative estimate of drug-likeness (QED) is 0.494. The molecule has 0 amide bonds. The highest BCUT2D eigenvalue weighted by molar-refractivity contribution is 5.98. The molecular formula is C22H20N4O2. The second kappa shape index (κ2) is 7.23. The second-order valence-electron chi connectivity index (χ2n) is 6.25. The molecule has 6 heteroatoms. The lowest BCUT2D eigenvalue weighted by molar-refractivity contribution is 0.0992. The second-order valence-corrected chi connectivity index (χ2v) is 6.25. The fourth-order valence-corrected chi connectivity index (χ4v) is 2.80. The van der Waals surface area contributed by atoms with E-state index in [1.54, 1.807) is 24.7 Å². The molecule has 28 heavy (non-hydrogen) atoms. The minimum absolute atomic E-state index is 0.283. The van der Waals surface area contributed by atoms with E-state index < -0.39 is 48.3 Å². The van der Waals surface area contributed by atoms with Crippen LogP contribution in [0.25, 0.3) is 22.2 Å². The summed E-state index contributed by atoms with van der Waals surface area (Å²) in [6.45, 7) is 1.88. The molecular weight excluding hydrogens is 352 g/mol. The average Bonchev–Trinajstić information content (AvgIpc) is 3.12. The van der Waals surface area contributed by atoms with E-state index >= 15 is 0 Å². The van der Waals surface area contributed by atoms with Gasteiger partial charge in [0.2, 0.25) is 0 Å². The van der Waals surface area contributed by atoms with Crippen LogP contribution < -0.4 is 4.74 Å². The predicted molar refractivity (Wildman–Crippen MR) is 108 cm³/mol. The van der Waals surface area contributed by atoms with Crippen molar-refractivity contribution < 1.29 is 19.1 Å². The van der Waals surface area contributed by atoms with Crippen LogP contribution in [0.4, 0.5) is 0 Å². The molecule has 0 spiro atoms. The third-order valence-electron chi connectivity index (χ3n) is 4.47.